The van der Waals surface area contributed by atoms with Crippen LogP contribution >= 0.6 is 0 Å². The van der Waals surface area contributed by atoms with Crippen LogP contribution in [0.1, 0.15) is 42.4 Å². The highest BCUT2D eigenvalue weighted by Gasteiger charge is 2.25. The van der Waals surface area contributed by atoms with Gasteiger partial charge < -0.3 is 14.4 Å². The monoisotopic (exact) mass is 339 g/mol. The van der Waals surface area contributed by atoms with E-state index >= 15 is 0 Å². The fraction of sp³-hybridized carbons (Fsp3) is 0.500. The molecule has 0 radical (unpaired) electrons. The smallest absolute Gasteiger partial charge is 0.132 e. The van der Waals surface area contributed by atoms with E-state index < -0.39 is 0 Å². The van der Waals surface area contributed by atoms with E-state index in [1.165, 1.54) is 5.56 Å². The van der Waals surface area contributed by atoms with E-state index in [1.807, 2.05) is 6.07 Å². The van der Waals surface area contributed by atoms with Crippen LogP contribution in [0.4, 0.5) is 5.82 Å². The molecule has 3 heterocycles. The molecule has 1 aromatic carbocycles. The van der Waals surface area contributed by atoms with Gasteiger partial charge in [-0.2, -0.15) is 0 Å². The van der Waals surface area contributed by atoms with Crippen molar-refractivity contribution in [2.45, 2.75) is 31.1 Å². The first-order chi connectivity index (χ1) is 12.3. The predicted molar refractivity (Wildman–Crippen MR) is 97.4 cm³/mol. The molecule has 2 aliphatic heterocycles. The van der Waals surface area contributed by atoms with Gasteiger partial charge in [0.2, 0.25) is 0 Å². The number of rotatable bonds is 4. The lowest BCUT2D eigenvalue weighted by Crippen LogP contribution is -2.33. The Kier molecular flexibility index (Phi) is 4.83. The van der Waals surface area contributed by atoms with Crippen LogP contribution in [-0.2, 0) is 4.74 Å². The molecule has 132 valence electrons. The van der Waals surface area contributed by atoms with Crippen LogP contribution < -0.4 is 9.64 Å². The molecular weight excluding hydrogens is 314 g/mol. The summed E-state index contributed by atoms with van der Waals surface area (Å²) in [6.45, 7) is 3.65. The van der Waals surface area contributed by atoms with E-state index in [4.69, 9.17) is 9.47 Å². The van der Waals surface area contributed by atoms with Crippen molar-refractivity contribution in [3.8, 4) is 5.75 Å². The number of para-hydroxylation sites is 1. The topological polar surface area (TPSA) is 47.5 Å². The van der Waals surface area contributed by atoms with Gasteiger partial charge in [-0.05, 0) is 36.8 Å². The third-order valence-electron chi connectivity index (χ3n) is 5.42. The highest BCUT2D eigenvalue weighted by atomic mass is 16.5. The zero-order chi connectivity index (χ0) is 17.1. The Labute approximate surface area is 149 Å². The van der Waals surface area contributed by atoms with Gasteiger partial charge in [0.05, 0.1) is 19.4 Å². The second-order valence-corrected chi connectivity index (χ2v) is 6.86. The van der Waals surface area contributed by atoms with Crippen molar-refractivity contribution in [1.29, 1.82) is 0 Å². The van der Waals surface area contributed by atoms with E-state index in [2.05, 4.69) is 39.1 Å². The molecule has 1 aromatic heterocycles. The van der Waals surface area contributed by atoms with Crippen LogP contribution in [0.2, 0.25) is 0 Å². The lowest BCUT2D eigenvalue weighted by molar-refractivity contribution is 0.193. The van der Waals surface area contributed by atoms with Crippen LogP contribution in [0.25, 0.3) is 0 Å². The average Bonchev–Trinajstić information content (AvgIpc) is 3.23. The predicted octanol–water partition coefficient (Wildman–Crippen LogP) is 3.37. The fourth-order valence-corrected chi connectivity index (χ4v) is 3.95. The lowest BCUT2D eigenvalue weighted by atomic mass is 9.89. The Hall–Kier alpha value is -2.14. The number of anilines is 1. The molecular formula is C20H25N3O2. The van der Waals surface area contributed by atoms with Crippen LogP contribution in [0.15, 0.2) is 36.7 Å². The number of benzene rings is 1. The number of nitrogens with zero attached hydrogens (tertiary/aromatic N) is 3. The highest BCUT2D eigenvalue weighted by Crippen LogP contribution is 2.35. The summed E-state index contributed by atoms with van der Waals surface area (Å²) in [5.74, 6) is 3.03. The van der Waals surface area contributed by atoms with E-state index in [1.54, 1.807) is 13.4 Å². The molecule has 0 saturated carbocycles. The van der Waals surface area contributed by atoms with Crippen molar-refractivity contribution in [2.75, 3.05) is 38.3 Å². The maximum Gasteiger partial charge on any atom is 0.132 e. The first-order valence-corrected chi connectivity index (χ1v) is 9.12. The van der Waals surface area contributed by atoms with E-state index in [0.717, 1.165) is 62.8 Å². The first kappa shape index (κ1) is 16.3. The van der Waals surface area contributed by atoms with Gasteiger partial charge in [-0.3, -0.25) is 0 Å². The molecule has 2 saturated heterocycles. The van der Waals surface area contributed by atoms with Crippen LogP contribution in [0, 0.1) is 0 Å². The number of aromatic nitrogens is 2. The van der Waals surface area contributed by atoms with Crippen LogP contribution in [0.5, 0.6) is 5.75 Å². The van der Waals surface area contributed by atoms with Gasteiger partial charge in [-0.15, -0.1) is 0 Å². The molecule has 4 rings (SSSR count). The standard InChI is InChI=1S/C20H25N3O2/c1-24-19-5-3-2-4-17(19)15-6-9-23(10-7-15)20-12-18(21-14-22-20)16-8-11-25-13-16/h2-5,12,14-16H,6-11,13H2,1H3. The quantitative estimate of drug-likeness (QED) is 0.855. The van der Waals surface area contributed by atoms with Gasteiger partial charge in [0.1, 0.15) is 17.9 Å². The SMILES string of the molecule is COc1ccccc1C1CCN(c2cc(C3CCOC3)ncn2)CC1. The molecule has 0 bridgehead atoms. The summed E-state index contributed by atoms with van der Waals surface area (Å²) in [6, 6.07) is 10.5. The molecule has 2 aliphatic rings. The number of ether oxygens (including phenoxy) is 2. The summed E-state index contributed by atoms with van der Waals surface area (Å²) >= 11 is 0. The fourth-order valence-electron chi connectivity index (χ4n) is 3.95. The normalized spacial score (nSPS) is 21.5. The minimum atomic E-state index is 0.424. The third-order valence-corrected chi connectivity index (χ3v) is 5.42. The summed E-state index contributed by atoms with van der Waals surface area (Å²) in [6.07, 6.45) is 5.00. The number of hydrogen-bond acceptors (Lipinski definition) is 5. The second kappa shape index (κ2) is 7.40. The van der Waals surface area contributed by atoms with Gasteiger partial charge in [-0.1, -0.05) is 18.2 Å². The lowest BCUT2D eigenvalue weighted by Gasteiger charge is -2.33. The summed E-state index contributed by atoms with van der Waals surface area (Å²) in [5.41, 5.74) is 2.45. The van der Waals surface area contributed by atoms with E-state index in [9.17, 15) is 0 Å². The minimum absolute atomic E-state index is 0.424. The summed E-state index contributed by atoms with van der Waals surface area (Å²) in [7, 11) is 1.75. The zero-order valence-electron chi connectivity index (χ0n) is 14.7. The van der Waals surface area contributed by atoms with Gasteiger partial charge in [-0.25, -0.2) is 9.97 Å². The largest absolute Gasteiger partial charge is 0.496 e. The van der Waals surface area contributed by atoms with Gasteiger partial charge in [0.15, 0.2) is 0 Å². The average molecular weight is 339 g/mol. The molecule has 1 unspecified atom stereocenters. The summed E-state index contributed by atoms with van der Waals surface area (Å²) in [5, 5.41) is 0. The summed E-state index contributed by atoms with van der Waals surface area (Å²) < 4.78 is 11.0. The Morgan fingerprint density at radius 3 is 2.68 bits per heavy atom. The molecule has 1 atom stereocenters. The van der Waals surface area contributed by atoms with Crippen LogP contribution in [-0.4, -0.2) is 43.4 Å². The maximum absolute atomic E-state index is 5.54. The minimum Gasteiger partial charge on any atom is -0.496 e. The van der Waals surface area contributed by atoms with Crippen molar-refractivity contribution < 1.29 is 9.47 Å². The second-order valence-electron chi connectivity index (χ2n) is 6.86. The first-order valence-electron chi connectivity index (χ1n) is 9.12. The Balaban J connectivity index is 1.44. The van der Waals surface area contributed by atoms with Gasteiger partial charge >= 0.3 is 0 Å². The van der Waals surface area contributed by atoms with Crippen LogP contribution in [0.3, 0.4) is 0 Å². The van der Waals surface area contributed by atoms with Crippen molar-refractivity contribution in [3.05, 3.63) is 47.9 Å². The Bertz CT molecular complexity index is 708. The van der Waals surface area contributed by atoms with E-state index in [-0.39, 0.29) is 0 Å². The number of methoxy groups -OCH3 is 1. The zero-order valence-corrected chi connectivity index (χ0v) is 14.7. The van der Waals surface area contributed by atoms with Gasteiger partial charge in [0.25, 0.3) is 0 Å². The van der Waals surface area contributed by atoms with Gasteiger partial charge in [0, 0.05) is 31.7 Å². The molecule has 2 fully saturated rings. The molecule has 5 heteroatoms. The third kappa shape index (κ3) is 3.47. The van der Waals surface area contributed by atoms with E-state index in [0.29, 0.717) is 11.8 Å². The van der Waals surface area contributed by atoms with Crippen molar-refractivity contribution >= 4 is 5.82 Å². The molecule has 2 aromatic rings. The molecule has 5 nitrogen and oxygen atoms in total. The molecule has 0 amide bonds. The summed E-state index contributed by atoms with van der Waals surface area (Å²) in [4.78, 5) is 11.4. The molecule has 0 aliphatic carbocycles. The number of piperidine rings is 1. The Morgan fingerprint density at radius 1 is 1.08 bits per heavy atom. The van der Waals surface area contributed by atoms with Crippen molar-refractivity contribution in [2.24, 2.45) is 0 Å². The maximum atomic E-state index is 5.54. The number of hydrogen-bond donors (Lipinski definition) is 0. The molecule has 0 N–H and O–H groups in total. The highest BCUT2D eigenvalue weighted by molar-refractivity contribution is 5.42. The molecule has 25 heavy (non-hydrogen) atoms. The molecule has 0 spiro atoms. The van der Waals surface area contributed by atoms with Crippen molar-refractivity contribution in [3.63, 3.8) is 0 Å². The Morgan fingerprint density at radius 2 is 1.92 bits per heavy atom. The van der Waals surface area contributed by atoms with Crippen molar-refractivity contribution in [1.82, 2.24) is 9.97 Å².